The lowest BCUT2D eigenvalue weighted by atomic mass is 10.1. The summed E-state index contributed by atoms with van der Waals surface area (Å²) in [6, 6.07) is 9.57. The molecule has 3 rings (SSSR count). The molecule has 1 aromatic heterocycles. The number of benzene rings is 1. The minimum atomic E-state index is -0.339. The van der Waals surface area contributed by atoms with E-state index in [1.54, 1.807) is 6.20 Å². The van der Waals surface area contributed by atoms with E-state index in [0.717, 1.165) is 23.7 Å². The molecule has 19 heavy (non-hydrogen) atoms. The summed E-state index contributed by atoms with van der Waals surface area (Å²) in [7, 11) is 0. The quantitative estimate of drug-likeness (QED) is 0.856. The van der Waals surface area contributed by atoms with Crippen molar-refractivity contribution in [1.82, 2.24) is 4.98 Å². The summed E-state index contributed by atoms with van der Waals surface area (Å²) in [4.78, 5) is 4.29. The Kier molecular flexibility index (Phi) is 3.36. The Morgan fingerprint density at radius 3 is 2.95 bits per heavy atom. The third-order valence-corrected chi connectivity index (χ3v) is 3.64. The molecule has 0 saturated heterocycles. The Morgan fingerprint density at radius 1 is 1.37 bits per heavy atom. The van der Waals surface area contributed by atoms with Gasteiger partial charge in [0.25, 0.3) is 0 Å². The number of nitrogens with zero attached hydrogens (tertiary/aromatic N) is 1. The van der Waals surface area contributed by atoms with Gasteiger partial charge in [0.15, 0.2) is 0 Å². The van der Waals surface area contributed by atoms with E-state index >= 15 is 0 Å². The van der Waals surface area contributed by atoms with Crippen LogP contribution in [0.4, 0.5) is 0 Å². The van der Waals surface area contributed by atoms with Crippen molar-refractivity contribution in [3.05, 3.63) is 36.5 Å². The Labute approximate surface area is 112 Å². The summed E-state index contributed by atoms with van der Waals surface area (Å²) in [5, 5.41) is 10.5. The third kappa shape index (κ3) is 2.69. The predicted octanol–water partition coefficient (Wildman–Crippen LogP) is 1.71. The summed E-state index contributed by atoms with van der Waals surface area (Å²) in [5.41, 5.74) is 6.98. The number of ether oxygens (including phenoxy) is 1. The van der Waals surface area contributed by atoms with E-state index in [9.17, 15) is 5.11 Å². The van der Waals surface area contributed by atoms with Gasteiger partial charge < -0.3 is 15.6 Å². The minimum absolute atomic E-state index is 0.0576. The summed E-state index contributed by atoms with van der Waals surface area (Å²) in [5.74, 6) is 1.21. The first-order valence-corrected chi connectivity index (χ1v) is 6.66. The van der Waals surface area contributed by atoms with E-state index in [1.165, 1.54) is 0 Å². The van der Waals surface area contributed by atoms with Crippen LogP contribution in [0.15, 0.2) is 36.5 Å². The highest BCUT2D eigenvalue weighted by molar-refractivity contribution is 5.79. The highest BCUT2D eigenvalue weighted by Crippen LogP contribution is 2.34. The van der Waals surface area contributed by atoms with Gasteiger partial charge in [-0.25, -0.2) is 0 Å². The average Bonchev–Trinajstić information content (AvgIpc) is 3.28. The number of rotatable bonds is 5. The lowest BCUT2D eigenvalue weighted by molar-refractivity contribution is 0.0883. The molecule has 4 nitrogen and oxygen atoms in total. The molecular weight excluding hydrogens is 240 g/mol. The van der Waals surface area contributed by atoms with Crippen molar-refractivity contribution in [3.8, 4) is 5.75 Å². The van der Waals surface area contributed by atoms with E-state index in [4.69, 9.17) is 10.5 Å². The largest absolute Gasteiger partial charge is 0.486 e. The second-order valence-electron chi connectivity index (χ2n) is 5.11. The lowest BCUT2D eigenvalue weighted by Crippen LogP contribution is -2.43. The van der Waals surface area contributed by atoms with Crippen LogP contribution in [-0.4, -0.2) is 28.8 Å². The zero-order chi connectivity index (χ0) is 13.2. The number of fused-ring (bicyclic) bond motifs is 1. The van der Waals surface area contributed by atoms with Crippen LogP contribution in [0, 0.1) is 5.92 Å². The Balaban J connectivity index is 1.79. The SMILES string of the molecule is NC(C1CC1)C(CO)Oc1ccc2cccnc2c1. The predicted molar refractivity (Wildman–Crippen MR) is 73.9 cm³/mol. The molecule has 1 aromatic carbocycles. The smallest absolute Gasteiger partial charge is 0.137 e. The van der Waals surface area contributed by atoms with E-state index in [0.29, 0.717) is 11.7 Å². The number of nitrogens with two attached hydrogens (primary N) is 1. The van der Waals surface area contributed by atoms with Gasteiger partial charge in [-0.1, -0.05) is 6.07 Å². The number of hydrogen-bond donors (Lipinski definition) is 2. The van der Waals surface area contributed by atoms with Gasteiger partial charge in [-0.3, -0.25) is 4.98 Å². The van der Waals surface area contributed by atoms with Gasteiger partial charge in [-0.2, -0.15) is 0 Å². The molecule has 4 heteroatoms. The first kappa shape index (κ1) is 12.4. The topological polar surface area (TPSA) is 68.4 Å². The summed E-state index contributed by atoms with van der Waals surface area (Å²) in [6.07, 6.45) is 3.69. The number of aliphatic hydroxyl groups is 1. The van der Waals surface area contributed by atoms with Crippen molar-refractivity contribution >= 4 is 10.9 Å². The molecule has 0 bridgehead atoms. The summed E-state index contributed by atoms with van der Waals surface area (Å²) >= 11 is 0. The van der Waals surface area contributed by atoms with Crippen LogP contribution >= 0.6 is 0 Å². The molecule has 0 radical (unpaired) electrons. The highest BCUT2D eigenvalue weighted by atomic mass is 16.5. The number of aromatic nitrogens is 1. The summed E-state index contributed by atoms with van der Waals surface area (Å²) in [6.45, 7) is -0.0576. The number of hydrogen-bond acceptors (Lipinski definition) is 4. The Bertz CT molecular complexity index is 569. The first-order valence-electron chi connectivity index (χ1n) is 6.66. The molecule has 100 valence electrons. The fraction of sp³-hybridized carbons (Fsp3) is 0.400. The maximum absolute atomic E-state index is 9.43. The minimum Gasteiger partial charge on any atom is -0.486 e. The van der Waals surface area contributed by atoms with Crippen LogP contribution in [0.1, 0.15) is 12.8 Å². The van der Waals surface area contributed by atoms with Gasteiger partial charge >= 0.3 is 0 Å². The fourth-order valence-corrected chi connectivity index (χ4v) is 2.32. The molecule has 2 atom stereocenters. The molecule has 0 spiro atoms. The zero-order valence-corrected chi connectivity index (χ0v) is 10.7. The number of pyridine rings is 1. The van der Waals surface area contributed by atoms with E-state index in [2.05, 4.69) is 4.98 Å². The molecule has 1 aliphatic rings. The summed E-state index contributed by atoms with van der Waals surface area (Å²) < 4.78 is 5.82. The van der Waals surface area contributed by atoms with Crippen LogP contribution in [0.3, 0.4) is 0 Å². The molecular formula is C15H18N2O2. The maximum Gasteiger partial charge on any atom is 0.137 e. The molecule has 1 saturated carbocycles. The van der Waals surface area contributed by atoms with Crippen molar-refractivity contribution < 1.29 is 9.84 Å². The van der Waals surface area contributed by atoms with Gasteiger partial charge in [0, 0.05) is 23.7 Å². The molecule has 0 aliphatic heterocycles. The highest BCUT2D eigenvalue weighted by Gasteiger charge is 2.34. The van der Waals surface area contributed by atoms with Crippen LogP contribution in [0.25, 0.3) is 10.9 Å². The van der Waals surface area contributed by atoms with E-state index < -0.39 is 0 Å². The lowest BCUT2D eigenvalue weighted by Gasteiger charge is -2.23. The van der Waals surface area contributed by atoms with Crippen LogP contribution in [0.5, 0.6) is 5.75 Å². The van der Waals surface area contributed by atoms with E-state index in [1.807, 2.05) is 30.3 Å². The van der Waals surface area contributed by atoms with Crippen molar-refractivity contribution in [2.24, 2.45) is 11.7 Å². The second-order valence-corrected chi connectivity index (χ2v) is 5.11. The van der Waals surface area contributed by atoms with Crippen LogP contribution in [0.2, 0.25) is 0 Å². The molecule has 1 heterocycles. The van der Waals surface area contributed by atoms with E-state index in [-0.39, 0.29) is 18.8 Å². The molecule has 1 aliphatic carbocycles. The maximum atomic E-state index is 9.43. The van der Waals surface area contributed by atoms with Crippen molar-refractivity contribution in [3.63, 3.8) is 0 Å². The Hall–Kier alpha value is -1.65. The molecule has 2 unspecified atom stereocenters. The normalized spacial score (nSPS) is 18.2. The van der Waals surface area contributed by atoms with Crippen molar-refractivity contribution in [1.29, 1.82) is 0 Å². The van der Waals surface area contributed by atoms with Gasteiger partial charge in [-0.15, -0.1) is 0 Å². The second kappa shape index (κ2) is 5.15. The van der Waals surface area contributed by atoms with Crippen LogP contribution < -0.4 is 10.5 Å². The van der Waals surface area contributed by atoms with Gasteiger partial charge in [-0.05, 0) is 37.0 Å². The first-order chi connectivity index (χ1) is 9.28. The van der Waals surface area contributed by atoms with Gasteiger partial charge in [0.05, 0.1) is 12.1 Å². The van der Waals surface area contributed by atoms with Crippen LogP contribution in [-0.2, 0) is 0 Å². The third-order valence-electron chi connectivity index (χ3n) is 3.64. The molecule has 0 amide bonds. The van der Waals surface area contributed by atoms with Gasteiger partial charge in [0.1, 0.15) is 11.9 Å². The van der Waals surface area contributed by atoms with Gasteiger partial charge in [0.2, 0.25) is 0 Å². The molecule has 2 aromatic rings. The zero-order valence-electron chi connectivity index (χ0n) is 10.7. The molecule has 3 N–H and O–H groups in total. The number of aliphatic hydroxyl groups excluding tert-OH is 1. The van der Waals surface area contributed by atoms with Crippen molar-refractivity contribution in [2.75, 3.05) is 6.61 Å². The van der Waals surface area contributed by atoms with Crippen molar-refractivity contribution in [2.45, 2.75) is 25.0 Å². The Morgan fingerprint density at radius 2 is 2.21 bits per heavy atom. The molecule has 1 fully saturated rings. The monoisotopic (exact) mass is 258 g/mol. The standard InChI is InChI=1S/C15H18N2O2/c16-15(11-3-4-11)14(9-18)19-12-6-5-10-2-1-7-17-13(10)8-12/h1-2,5-8,11,14-15,18H,3-4,9,16H2. The average molecular weight is 258 g/mol. The fourth-order valence-electron chi connectivity index (χ4n) is 2.32.